The lowest BCUT2D eigenvalue weighted by molar-refractivity contribution is -0.136. The maximum Gasteiger partial charge on any atom is 0.322 e. The standard InChI is InChI=1S/C20H23ClO4S.H3NO/c1-2-3-4-5-10-19(20(22)23)26(24,25)18-9-7-6-8-17(18)15-11-13-16(21)14-12-15;1-2/h6-9,11-14,19H,2-5,10H2,1H3,(H,22,23);2H,1H2. The highest BCUT2D eigenvalue weighted by Gasteiger charge is 2.35. The van der Waals surface area contributed by atoms with Crippen LogP contribution in [0.25, 0.3) is 11.1 Å². The molecular weight excluding hydrogens is 402 g/mol. The summed E-state index contributed by atoms with van der Waals surface area (Å²) in [6.07, 6.45) is 3.49. The lowest BCUT2D eigenvalue weighted by Gasteiger charge is -2.16. The Morgan fingerprint density at radius 1 is 1.04 bits per heavy atom. The fourth-order valence-electron chi connectivity index (χ4n) is 2.90. The minimum atomic E-state index is -4.01. The van der Waals surface area contributed by atoms with Crippen LogP contribution in [0.1, 0.15) is 39.0 Å². The number of carboxylic acids is 1. The van der Waals surface area contributed by atoms with Crippen molar-refractivity contribution in [1.29, 1.82) is 0 Å². The van der Waals surface area contributed by atoms with Gasteiger partial charge in [0.2, 0.25) is 0 Å². The summed E-state index contributed by atoms with van der Waals surface area (Å²) in [7, 11) is -4.01. The van der Waals surface area contributed by atoms with Gasteiger partial charge >= 0.3 is 5.97 Å². The second-order valence-corrected chi connectivity index (χ2v) is 8.76. The first-order valence-corrected chi connectivity index (χ1v) is 10.9. The average molecular weight is 428 g/mol. The number of carboxylic acid groups (broad SMARTS) is 1. The zero-order valence-corrected chi connectivity index (χ0v) is 17.3. The zero-order valence-electron chi connectivity index (χ0n) is 15.7. The molecule has 2 aromatic rings. The highest BCUT2D eigenvalue weighted by atomic mass is 35.5. The van der Waals surface area contributed by atoms with E-state index in [9.17, 15) is 18.3 Å². The number of halogens is 1. The van der Waals surface area contributed by atoms with Crippen molar-refractivity contribution in [2.75, 3.05) is 0 Å². The van der Waals surface area contributed by atoms with Crippen LogP contribution in [0.5, 0.6) is 0 Å². The Hall–Kier alpha value is -1.93. The fourth-order valence-corrected chi connectivity index (χ4v) is 4.84. The minimum absolute atomic E-state index is 0.0465. The van der Waals surface area contributed by atoms with Gasteiger partial charge in [-0.2, -0.15) is 0 Å². The molecule has 0 aliphatic heterocycles. The number of benzene rings is 2. The van der Waals surface area contributed by atoms with E-state index < -0.39 is 21.1 Å². The molecule has 0 heterocycles. The van der Waals surface area contributed by atoms with Gasteiger partial charge in [0.15, 0.2) is 15.1 Å². The zero-order chi connectivity index (χ0) is 21.2. The molecule has 0 saturated heterocycles. The summed E-state index contributed by atoms with van der Waals surface area (Å²) in [6, 6.07) is 13.3. The molecule has 0 amide bonds. The molecule has 0 aromatic heterocycles. The molecule has 6 nitrogen and oxygen atoms in total. The Morgan fingerprint density at radius 2 is 1.64 bits per heavy atom. The quantitative estimate of drug-likeness (QED) is 0.399. The van der Waals surface area contributed by atoms with Crippen LogP contribution >= 0.6 is 11.6 Å². The second kappa shape index (κ2) is 11.8. The van der Waals surface area contributed by atoms with E-state index in [-0.39, 0.29) is 11.3 Å². The topological polar surface area (TPSA) is 118 Å². The number of hydrogen-bond donors (Lipinski definition) is 3. The van der Waals surface area contributed by atoms with Crippen LogP contribution in [-0.2, 0) is 14.6 Å². The summed E-state index contributed by atoms with van der Waals surface area (Å²) in [6.45, 7) is 2.05. The summed E-state index contributed by atoms with van der Waals surface area (Å²) >= 11 is 5.91. The van der Waals surface area contributed by atoms with Crippen LogP contribution in [0.15, 0.2) is 53.4 Å². The number of aliphatic carboxylic acids is 1. The van der Waals surface area contributed by atoms with E-state index >= 15 is 0 Å². The average Bonchev–Trinajstić information content (AvgIpc) is 2.69. The van der Waals surface area contributed by atoms with Crippen LogP contribution in [-0.4, -0.2) is 30.0 Å². The summed E-state index contributed by atoms with van der Waals surface area (Å²) in [5, 5.41) is 15.1. The molecule has 154 valence electrons. The summed E-state index contributed by atoms with van der Waals surface area (Å²) in [4.78, 5) is 11.7. The first-order valence-electron chi connectivity index (χ1n) is 8.95. The fraction of sp³-hybridized carbons (Fsp3) is 0.350. The van der Waals surface area contributed by atoms with Gasteiger partial charge in [0.25, 0.3) is 0 Å². The van der Waals surface area contributed by atoms with Crippen LogP contribution in [0.4, 0.5) is 0 Å². The van der Waals surface area contributed by atoms with E-state index in [0.29, 0.717) is 22.6 Å². The summed E-state index contributed by atoms with van der Waals surface area (Å²) < 4.78 is 26.2. The molecule has 2 rings (SSSR count). The lowest BCUT2D eigenvalue weighted by atomic mass is 10.1. The molecule has 1 atom stereocenters. The predicted molar refractivity (Wildman–Crippen MR) is 110 cm³/mol. The largest absolute Gasteiger partial charge is 0.480 e. The van der Waals surface area contributed by atoms with E-state index in [1.54, 1.807) is 42.5 Å². The second-order valence-electron chi connectivity index (χ2n) is 6.22. The van der Waals surface area contributed by atoms with Gasteiger partial charge in [-0.15, -0.1) is 0 Å². The van der Waals surface area contributed by atoms with Gasteiger partial charge in [-0.1, -0.05) is 74.5 Å². The Balaban J connectivity index is 0.00000190. The first-order chi connectivity index (χ1) is 13.4. The van der Waals surface area contributed by atoms with Crippen LogP contribution in [0.2, 0.25) is 5.02 Å². The SMILES string of the molecule is CCCCCCC(C(=O)O)S(=O)(=O)c1ccccc1-c1ccc(Cl)cc1.NO. The molecule has 0 aliphatic carbocycles. The van der Waals surface area contributed by atoms with E-state index in [0.717, 1.165) is 19.3 Å². The number of hydrogen-bond acceptors (Lipinski definition) is 5. The molecule has 4 N–H and O–H groups in total. The van der Waals surface area contributed by atoms with Crippen LogP contribution in [0.3, 0.4) is 0 Å². The molecule has 0 spiro atoms. The molecule has 1 unspecified atom stereocenters. The Kier molecular flexibility index (Phi) is 10.2. The Bertz CT molecular complexity index is 853. The van der Waals surface area contributed by atoms with Crippen molar-refractivity contribution in [3.63, 3.8) is 0 Å². The molecule has 0 radical (unpaired) electrons. The van der Waals surface area contributed by atoms with E-state index in [1.807, 2.05) is 6.92 Å². The van der Waals surface area contributed by atoms with E-state index in [2.05, 4.69) is 5.90 Å². The third-order valence-corrected chi connectivity index (χ3v) is 6.73. The number of rotatable bonds is 9. The van der Waals surface area contributed by atoms with Gasteiger partial charge in [-0.05, 0) is 30.2 Å². The van der Waals surface area contributed by atoms with Crippen molar-refractivity contribution in [2.24, 2.45) is 5.90 Å². The highest BCUT2D eigenvalue weighted by molar-refractivity contribution is 7.93. The number of sulfone groups is 1. The van der Waals surface area contributed by atoms with Crippen molar-refractivity contribution in [2.45, 2.75) is 49.2 Å². The van der Waals surface area contributed by atoms with Crippen molar-refractivity contribution < 1.29 is 23.5 Å². The third kappa shape index (κ3) is 6.31. The Morgan fingerprint density at radius 3 is 2.21 bits per heavy atom. The number of unbranched alkanes of at least 4 members (excludes halogenated alkanes) is 3. The molecule has 28 heavy (non-hydrogen) atoms. The first kappa shape index (κ1) is 24.1. The normalized spacial score (nSPS) is 12.0. The van der Waals surface area contributed by atoms with E-state index in [1.165, 1.54) is 6.07 Å². The maximum absolute atomic E-state index is 13.1. The third-order valence-electron chi connectivity index (χ3n) is 4.32. The predicted octanol–water partition coefficient (Wildman–Crippen LogP) is 4.54. The van der Waals surface area contributed by atoms with Crippen LogP contribution < -0.4 is 5.90 Å². The van der Waals surface area contributed by atoms with E-state index in [4.69, 9.17) is 16.8 Å². The van der Waals surface area contributed by atoms with Crippen LogP contribution in [0, 0.1) is 0 Å². The molecule has 8 heteroatoms. The molecule has 0 bridgehead atoms. The van der Waals surface area contributed by atoms with Crippen molar-refractivity contribution in [3.8, 4) is 11.1 Å². The van der Waals surface area contributed by atoms with Gasteiger partial charge in [-0.25, -0.2) is 14.3 Å². The molecule has 2 aromatic carbocycles. The van der Waals surface area contributed by atoms with Crippen molar-refractivity contribution >= 4 is 27.4 Å². The molecule has 0 saturated carbocycles. The number of carbonyl (C=O) groups is 1. The summed E-state index contributed by atoms with van der Waals surface area (Å²) in [5.41, 5.74) is 1.17. The molecule has 0 aliphatic rings. The minimum Gasteiger partial charge on any atom is -0.480 e. The van der Waals surface area contributed by atoms with Gasteiger partial charge in [0, 0.05) is 10.6 Å². The highest BCUT2D eigenvalue weighted by Crippen LogP contribution is 2.31. The number of nitrogens with two attached hydrogens (primary N) is 1. The van der Waals surface area contributed by atoms with Gasteiger partial charge in [0.05, 0.1) is 4.90 Å². The van der Waals surface area contributed by atoms with Gasteiger partial charge in [-0.3, -0.25) is 4.79 Å². The summed E-state index contributed by atoms with van der Waals surface area (Å²) in [5.74, 6) is 2.20. The lowest BCUT2D eigenvalue weighted by Crippen LogP contribution is -2.30. The molecule has 0 fully saturated rings. The van der Waals surface area contributed by atoms with Gasteiger partial charge < -0.3 is 10.3 Å². The van der Waals surface area contributed by atoms with Crippen molar-refractivity contribution in [3.05, 3.63) is 53.6 Å². The smallest absolute Gasteiger partial charge is 0.322 e. The Labute approximate surface area is 170 Å². The monoisotopic (exact) mass is 427 g/mol. The van der Waals surface area contributed by atoms with Gasteiger partial charge in [0.1, 0.15) is 0 Å². The molecular formula is C20H26ClNO5S. The van der Waals surface area contributed by atoms with Crippen molar-refractivity contribution in [1.82, 2.24) is 0 Å². The maximum atomic E-state index is 13.1.